The molecule has 0 bridgehead atoms. The minimum atomic E-state index is -0.987. The standard InChI is InChI=1S/C21H21F2NO5/c1-12(2)20(13-3-4-17-18(9-13)28-6-5-27-17)24-19(25)11-29-21(26)14-7-15(22)10-16(23)8-14/h3-4,7-10,12,20H,5-6,11H2,1-2H3,(H,24,25)/t20-/m0/s1. The SMILES string of the molecule is CC(C)[C@H](NC(=O)COC(=O)c1cc(F)cc(F)c1)c1ccc2c(c1)OCCO2. The van der Waals surface area contributed by atoms with Crippen LogP contribution >= 0.6 is 0 Å². The van der Waals surface area contributed by atoms with Crippen molar-refractivity contribution in [3.63, 3.8) is 0 Å². The number of halogens is 2. The Bertz CT molecular complexity index is 896. The summed E-state index contributed by atoms with van der Waals surface area (Å²) in [5.41, 5.74) is 0.513. The van der Waals surface area contributed by atoms with Crippen molar-refractivity contribution in [3.8, 4) is 11.5 Å². The maximum atomic E-state index is 13.2. The van der Waals surface area contributed by atoms with Crippen LogP contribution < -0.4 is 14.8 Å². The van der Waals surface area contributed by atoms with E-state index in [1.807, 2.05) is 19.9 Å². The van der Waals surface area contributed by atoms with Gasteiger partial charge in [-0.2, -0.15) is 0 Å². The van der Waals surface area contributed by atoms with E-state index in [1.54, 1.807) is 12.1 Å². The summed E-state index contributed by atoms with van der Waals surface area (Å²) in [6.07, 6.45) is 0. The third-order valence-corrected chi connectivity index (χ3v) is 4.34. The van der Waals surface area contributed by atoms with E-state index >= 15 is 0 Å². The highest BCUT2D eigenvalue weighted by atomic mass is 19.1. The Hall–Kier alpha value is -3.16. The number of nitrogens with one attached hydrogen (secondary N) is 1. The van der Waals surface area contributed by atoms with Gasteiger partial charge in [0.1, 0.15) is 24.8 Å². The number of carbonyl (C=O) groups excluding carboxylic acids is 2. The summed E-state index contributed by atoms with van der Waals surface area (Å²) in [4.78, 5) is 24.2. The van der Waals surface area contributed by atoms with E-state index in [1.165, 1.54) is 0 Å². The predicted molar refractivity (Wildman–Crippen MR) is 99.8 cm³/mol. The smallest absolute Gasteiger partial charge is 0.338 e. The van der Waals surface area contributed by atoms with Gasteiger partial charge in [0.15, 0.2) is 18.1 Å². The highest BCUT2D eigenvalue weighted by molar-refractivity contribution is 5.91. The summed E-state index contributed by atoms with van der Waals surface area (Å²) in [5, 5.41) is 2.81. The first-order valence-corrected chi connectivity index (χ1v) is 9.15. The average molecular weight is 405 g/mol. The molecule has 0 radical (unpaired) electrons. The second kappa shape index (κ2) is 8.89. The first-order valence-electron chi connectivity index (χ1n) is 9.15. The summed E-state index contributed by atoms with van der Waals surface area (Å²) in [5.74, 6) is -2.05. The normalized spacial score (nSPS) is 13.7. The lowest BCUT2D eigenvalue weighted by Gasteiger charge is -2.25. The number of hydrogen-bond acceptors (Lipinski definition) is 5. The quantitative estimate of drug-likeness (QED) is 0.746. The molecule has 2 aromatic rings. The van der Waals surface area contributed by atoms with Crippen molar-refractivity contribution in [2.45, 2.75) is 19.9 Å². The van der Waals surface area contributed by atoms with Gasteiger partial charge in [-0.15, -0.1) is 0 Å². The van der Waals surface area contributed by atoms with Crippen molar-refractivity contribution < 1.29 is 32.6 Å². The van der Waals surface area contributed by atoms with Crippen LogP contribution in [0, 0.1) is 17.6 Å². The van der Waals surface area contributed by atoms with E-state index in [-0.39, 0.29) is 17.5 Å². The van der Waals surface area contributed by atoms with Crippen LogP contribution in [0.1, 0.15) is 35.8 Å². The fraction of sp³-hybridized carbons (Fsp3) is 0.333. The topological polar surface area (TPSA) is 73.9 Å². The number of esters is 1. The van der Waals surface area contributed by atoms with Crippen molar-refractivity contribution in [1.82, 2.24) is 5.32 Å². The van der Waals surface area contributed by atoms with Crippen molar-refractivity contribution in [3.05, 3.63) is 59.2 Å². The van der Waals surface area contributed by atoms with Gasteiger partial charge in [-0.3, -0.25) is 4.79 Å². The molecule has 29 heavy (non-hydrogen) atoms. The lowest BCUT2D eigenvalue weighted by Crippen LogP contribution is -2.35. The second-order valence-corrected chi connectivity index (χ2v) is 6.93. The van der Waals surface area contributed by atoms with Gasteiger partial charge in [0.2, 0.25) is 0 Å². The third-order valence-electron chi connectivity index (χ3n) is 4.34. The van der Waals surface area contributed by atoms with Crippen LogP contribution in [0.5, 0.6) is 11.5 Å². The van der Waals surface area contributed by atoms with Gasteiger partial charge in [-0.05, 0) is 35.7 Å². The molecule has 0 fully saturated rings. The van der Waals surface area contributed by atoms with E-state index in [0.29, 0.717) is 30.8 Å². The lowest BCUT2D eigenvalue weighted by atomic mass is 9.95. The maximum Gasteiger partial charge on any atom is 0.338 e. The Morgan fingerprint density at radius 3 is 2.34 bits per heavy atom. The van der Waals surface area contributed by atoms with Gasteiger partial charge in [-0.25, -0.2) is 13.6 Å². The average Bonchev–Trinajstić information content (AvgIpc) is 2.69. The number of rotatable bonds is 6. The number of carbonyl (C=O) groups is 2. The van der Waals surface area contributed by atoms with Gasteiger partial charge >= 0.3 is 5.97 Å². The van der Waals surface area contributed by atoms with Crippen molar-refractivity contribution >= 4 is 11.9 Å². The Morgan fingerprint density at radius 1 is 1.03 bits per heavy atom. The monoisotopic (exact) mass is 405 g/mol. The van der Waals surface area contributed by atoms with Crippen LogP contribution in [0.15, 0.2) is 36.4 Å². The van der Waals surface area contributed by atoms with Gasteiger partial charge < -0.3 is 19.5 Å². The molecule has 1 amide bonds. The van der Waals surface area contributed by atoms with Crippen molar-refractivity contribution in [2.75, 3.05) is 19.8 Å². The zero-order chi connectivity index (χ0) is 21.0. The second-order valence-electron chi connectivity index (χ2n) is 6.93. The maximum absolute atomic E-state index is 13.2. The van der Waals surface area contributed by atoms with E-state index in [0.717, 1.165) is 17.7 Å². The molecule has 6 nitrogen and oxygen atoms in total. The Labute approximate surface area is 166 Å². The predicted octanol–water partition coefficient (Wildman–Crippen LogP) is 3.41. The molecule has 1 aliphatic heterocycles. The molecule has 0 aliphatic carbocycles. The number of hydrogen-bond donors (Lipinski definition) is 1. The molecular weight excluding hydrogens is 384 g/mol. The van der Waals surface area contributed by atoms with Gasteiger partial charge in [-0.1, -0.05) is 19.9 Å². The largest absolute Gasteiger partial charge is 0.486 e. The van der Waals surface area contributed by atoms with Crippen LogP contribution in [0.2, 0.25) is 0 Å². The van der Waals surface area contributed by atoms with E-state index in [2.05, 4.69) is 5.32 Å². The Balaban J connectivity index is 1.63. The molecule has 0 unspecified atom stereocenters. The van der Waals surface area contributed by atoms with Crippen LogP contribution in [-0.4, -0.2) is 31.7 Å². The molecule has 1 atom stereocenters. The fourth-order valence-corrected chi connectivity index (χ4v) is 2.99. The molecular formula is C21H21F2NO5. The summed E-state index contributed by atoms with van der Waals surface area (Å²) in [7, 11) is 0. The molecule has 0 saturated heterocycles. The molecule has 0 spiro atoms. The van der Waals surface area contributed by atoms with Crippen LogP contribution in [0.4, 0.5) is 8.78 Å². The number of ether oxygens (including phenoxy) is 3. The zero-order valence-corrected chi connectivity index (χ0v) is 16.0. The van der Waals surface area contributed by atoms with Gasteiger partial charge in [0.25, 0.3) is 5.91 Å². The minimum absolute atomic E-state index is 0.0366. The summed E-state index contributed by atoms with van der Waals surface area (Å²) in [6.45, 7) is 4.22. The molecule has 2 aromatic carbocycles. The molecule has 0 saturated carbocycles. The summed E-state index contributed by atoms with van der Waals surface area (Å²) >= 11 is 0. The van der Waals surface area contributed by atoms with E-state index < -0.39 is 30.1 Å². The van der Waals surface area contributed by atoms with E-state index in [4.69, 9.17) is 14.2 Å². The van der Waals surface area contributed by atoms with Crippen LogP contribution in [0.25, 0.3) is 0 Å². The fourth-order valence-electron chi connectivity index (χ4n) is 2.99. The lowest BCUT2D eigenvalue weighted by molar-refractivity contribution is -0.125. The highest BCUT2D eigenvalue weighted by Gasteiger charge is 2.22. The van der Waals surface area contributed by atoms with Crippen LogP contribution in [-0.2, 0) is 9.53 Å². The Morgan fingerprint density at radius 2 is 1.69 bits per heavy atom. The zero-order valence-electron chi connectivity index (χ0n) is 16.0. The van der Waals surface area contributed by atoms with Gasteiger partial charge in [0.05, 0.1) is 11.6 Å². The highest BCUT2D eigenvalue weighted by Crippen LogP contribution is 2.34. The molecule has 8 heteroatoms. The first-order chi connectivity index (χ1) is 13.8. The first kappa shape index (κ1) is 20.6. The molecule has 0 aromatic heterocycles. The molecule has 154 valence electrons. The Kier molecular flexibility index (Phi) is 6.31. The minimum Gasteiger partial charge on any atom is -0.486 e. The van der Waals surface area contributed by atoms with E-state index in [9.17, 15) is 18.4 Å². The number of amides is 1. The number of benzene rings is 2. The summed E-state index contributed by atoms with van der Waals surface area (Å²) in [6, 6.07) is 7.39. The molecule has 1 aliphatic rings. The van der Waals surface area contributed by atoms with Crippen molar-refractivity contribution in [1.29, 1.82) is 0 Å². The summed E-state index contributed by atoms with van der Waals surface area (Å²) < 4.78 is 42.4. The molecule has 1 heterocycles. The molecule has 3 rings (SSSR count). The third kappa shape index (κ3) is 5.22. The van der Waals surface area contributed by atoms with Crippen LogP contribution in [0.3, 0.4) is 0 Å². The van der Waals surface area contributed by atoms with Crippen molar-refractivity contribution in [2.24, 2.45) is 5.92 Å². The van der Waals surface area contributed by atoms with Gasteiger partial charge in [0, 0.05) is 6.07 Å². The molecule has 1 N–H and O–H groups in total. The number of fused-ring (bicyclic) bond motifs is 1.